The molecule has 4 aromatic carbocycles. The van der Waals surface area contributed by atoms with Crippen LogP contribution in [-0.4, -0.2) is 0 Å². The van der Waals surface area contributed by atoms with Crippen LogP contribution in [-0.2, 0) is 12.8 Å². The number of aryl methyl sites for hydroxylation is 2. The molecule has 0 atom stereocenters. The first kappa shape index (κ1) is 18.3. The Bertz CT molecular complexity index is 971. The topological polar surface area (TPSA) is 0 Å². The van der Waals surface area contributed by atoms with Crippen molar-refractivity contribution < 1.29 is 0 Å². The minimum Gasteiger partial charge on any atom is -0.0622 e. The predicted octanol–water partition coefficient (Wildman–Crippen LogP) is 7.15. The lowest BCUT2D eigenvalue weighted by Gasteiger charge is -2.19. The molecule has 4 aromatic rings. The molecule has 0 fully saturated rings. The molecule has 0 unspecified atom stereocenters. The van der Waals surface area contributed by atoms with E-state index in [9.17, 15) is 0 Å². The van der Waals surface area contributed by atoms with E-state index < -0.39 is 0 Å². The summed E-state index contributed by atoms with van der Waals surface area (Å²) in [6.45, 7) is 4.48. The van der Waals surface area contributed by atoms with E-state index >= 15 is 0 Å². The molecule has 0 saturated carbocycles. The summed E-state index contributed by atoms with van der Waals surface area (Å²) in [5, 5.41) is 0. The van der Waals surface area contributed by atoms with Crippen LogP contribution in [0, 0.1) is 13.8 Å². The van der Waals surface area contributed by atoms with Gasteiger partial charge in [0.25, 0.3) is 0 Å². The molecule has 0 bridgehead atoms. The third-order valence-corrected chi connectivity index (χ3v) is 5.44. The van der Waals surface area contributed by atoms with Crippen LogP contribution in [0.15, 0.2) is 97.1 Å². The molecule has 0 spiro atoms. The second kappa shape index (κ2) is 8.27. The highest BCUT2D eigenvalue weighted by Crippen LogP contribution is 2.35. The fraction of sp³-hybridized carbons (Fsp3) is 0.143. The maximum Gasteiger partial charge on any atom is -0.00195 e. The summed E-state index contributed by atoms with van der Waals surface area (Å²) >= 11 is 0. The maximum absolute atomic E-state index is 2.29. The Labute approximate surface area is 168 Å². The molecule has 0 heteroatoms. The van der Waals surface area contributed by atoms with E-state index in [4.69, 9.17) is 0 Å². The van der Waals surface area contributed by atoms with Gasteiger partial charge in [-0.1, -0.05) is 97.1 Å². The standard InChI is InChI=1S/C28H26/c1-21-11-9-17-25(19-23-13-5-3-6-14-23)27(21)28-22(2)12-10-18-26(28)20-24-15-7-4-8-16-24/h3-18H,19-20H2,1-2H3. The zero-order valence-electron chi connectivity index (χ0n) is 16.7. The smallest absolute Gasteiger partial charge is 0.00195 e. The van der Waals surface area contributed by atoms with Gasteiger partial charge in [0.15, 0.2) is 0 Å². The van der Waals surface area contributed by atoms with Crippen LogP contribution >= 0.6 is 0 Å². The van der Waals surface area contributed by atoms with Crippen LogP contribution in [0.1, 0.15) is 33.4 Å². The summed E-state index contributed by atoms with van der Waals surface area (Å²) in [6, 6.07) is 35.0. The van der Waals surface area contributed by atoms with Crippen molar-refractivity contribution >= 4 is 0 Å². The van der Waals surface area contributed by atoms with E-state index in [1.807, 2.05) is 0 Å². The first-order valence-corrected chi connectivity index (χ1v) is 9.97. The second-order valence-corrected chi connectivity index (χ2v) is 7.54. The molecule has 0 aliphatic carbocycles. The Morgan fingerprint density at radius 1 is 0.429 bits per heavy atom. The van der Waals surface area contributed by atoms with Crippen molar-refractivity contribution in [3.05, 3.63) is 130 Å². The number of benzene rings is 4. The van der Waals surface area contributed by atoms with Crippen molar-refractivity contribution in [1.29, 1.82) is 0 Å². The molecule has 0 N–H and O–H groups in total. The second-order valence-electron chi connectivity index (χ2n) is 7.54. The van der Waals surface area contributed by atoms with Gasteiger partial charge in [0.2, 0.25) is 0 Å². The summed E-state index contributed by atoms with van der Waals surface area (Å²) in [7, 11) is 0. The zero-order valence-corrected chi connectivity index (χ0v) is 16.7. The fourth-order valence-corrected chi connectivity index (χ4v) is 4.10. The van der Waals surface area contributed by atoms with Gasteiger partial charge in [-0.2, -0.15) is 0 Å². The minimum atomic E-state index is 0.955. The van der Waals surface area contributed by atoms with Gasteiger partial charge in [0.05, 0.1) is 0 Å². The monoisotopic (exact) mass is 362 g/mol. The van der Waals surface area contributed by atoms with Gasteiger partial charge in [-0.25, -0.2) is 0 Å². The lowest BCUT2D eigenvalue weighted by molar-refractivity contribution is 1.15. The molecule has 0 aliphatic heterocycles. The largest absolute Gasteiger partial charge is 0.0622 e. The number of hydrogen-bond donors (Lipinski definition) is 0. The summed E-state index contributed by atoms with van der Waals surface area (Å²) in [6.07, 6.45) is 1.91. The lowest BCUT2D eigenvalue weighted by Crippen LogP contribution is -2.01. The first-order chi connectivity index (χ1) is 13.7. The van der Waals surface area contributed by atoms with E-state index in [1.165, 1.54) is 44.5 Å². The molecule has 0 heterocycles. The molecule has 0 aromatic heterocycles. The third-order valence-electron chi connectivity index (χ3n) is 5.44. The highest BCUT2D eigenvalue weighted by molar-refractivity contribution is 5.77. The molecule has 0 amide bonds. The molecule has 4 rings (SSSR count). The van der Waals surface area contributed by atoms with Crippen LogP contribution in [0.3, 0.4) is 0 Å². The Hall–Kier alpha value is -3.12. The van der Waals surface area contributed by atoms with Crippen LogP contribution in [0.2, 0.25) is 0 Å². The summed E-state index contributed by atoms with van der Waals surface area (Å²) in [5.41, 5.74) is 11.0. The third kappa shape index (κ3) is 3.92. The average Bonchev–Trinajstić information content (AvgIpc) is 2.71. The van der Waals surface area contributed by atoms with Gasteiger partial charge in [-0.05, 0) is 71.2 Å². The molecular weight excluding hydrogens is 336 g/mol. The van der Waals surface area contributed by atoms with Crippen LogP contribution in [0.4, 0.5) is 0 Å². The van der Waals surface area contributed by atoms with Gasteiger partial charge in [0.1, 0.15) is 0 Å². The summed E-state index contributed by atoms with van der Waals surface area (Å²) in [5.74, 6) is 0. The zero-order chi connectivity index (χ0) is 19.3. The molecule has 138 valence electrons. The van der Waals surface area contributed by atoms with E-state index in [-0.39, 0.29) is 0 Å². The van der Waals surface area contributed by atoms with Gasteiger partial charge in [-0.15, -0.1) is 0 Å². The van der Waals surface area contributed by atoms with Gasteiger partial charge in [-0.3, -0.25) is 0 Å². The molecule has 0 radical (unpaired) electrons. The highest BCUT2D eigenvalue weighted by atomic mass is 14.2. The Balaban J connectivity index is 1.83. The Morgan fingerprint density at radius 2 is 0.821 bits per heavy atom. The van der Waals surface area contributed by atoms with Crippen LogP contribution < -0.4 is 0 Å². The molecule has 0 saturated heterocycles. The van der Waals surface area contributed by atoms with Crippen molar-refractivity contribution in [2.75, 3.05) is 0 Å². The Kier molecular flexibility index (Phi) is 5.39. The Morgan fingerprint density at radius 3 is 1.21 bits per heavy atom. The van der Waals surface area contributed by atoms with Crippen molar-refractivity contribution in [2.45, 2.75) is 26.7 Å². The first-order valence-electron chi connectivity index (χ1n) is 9.97. The molecule has 0 aliphatic rings. The van der Waals surface area contributed by atoms with Gasteiger partial charge in [0, 0.05) is 0 Å². The highest BCUT2D eigenvalue weighted by Gasteiger charge is 2.15. The van der Waals surface area contributed by atoms with Crippen LogP contribution in [0.25, 0.3) is 11.1 Å². The minimum absolute atomic E-state index is 0.955. The van der Waals surface area contributed by atoms with Crippen LogP contribution in [0.5, 0.6) is 0 Å². The average molecular weight is 363 g/mol. The molecule has 0 nitrogen and oxygen atoms in total. The molecular formula is C28H26. The van der Waals surface area contributed by atoms with E-state index in [2.05, 4.69) is 111 Å². The number of hydrogen-bond acceptors (Lipinski definition) is 0. The lowest BCUT2D eigenvalue weighted by atomic mass is 9.85. The quantitative estimate of drug-likeness (QED) is 0.353. The van der Waals surface area contributed by atoms with Crippen molar-refractivity contribution in [2.24, 2.45) is 0 Å². The van der Waals surface area contributed by atoms with E-state index in [0.717, 1.165) is 12.8 Å². The van der Waals surface area contributed by atoms with Crippen molar-refractivity contribution in [3.63, 3.8) is 0 Å². The summed E-state index contributed by atoms with van der Waals surface area (Å²) < 4.78 is 0. The molecule has 28 heavy (non-hydrogen) atoms. The SMILES string of the molecule is Cc1cccc(Cc2ccccc2)c1-c1c(C)cccc1Cc1ccccc1. The van der Waals surface area contributed by atoms with Gasteiger partial charge >= 0.3 is 0 Å². The number of rotatable bonds is 5. The van der Waals surface area contributed by atoms with E-state index in [0.29, 0.717) is 0 Å². The normalized spacial score (nSPS) is 10.8. The van der Waals surface area contributed by atoms with E-state index in [1.54, 1.807) is 0 Å². The van der Waals surface area contributed by atoms with Crippen molar-refractivity contribution in [3.8, 4) is 11.1 Å². The predicted molar refractivity (Wildman–Crippen MR) is 120 cm³/mol. The maximum atomic E-state index is 2.29. The summed E-state index contributed by atoms with van der Waals surface area (Å²) in [4.78, 5) is 0. The van der Waals surface area contributed by atoms with Crippen molar-refractivity contribution in [1.82, 2.24) is 0 Å². The fourth-order valence-electron chi connectivity index (χ4n) is 4.10. The van der Waals surface area contributed by atoms with Gasteiger partial charge < -0.3 is 0 Å².